The number of aryl methyl sites for hydroxylation is 2. The third-order valence-electron chi connectivity index (χ3n) is 5.27. The molecule has 0 unspecified atom stereocenters. The quantitative estimate of drug-likeness (QED) is 0.335. The number of ether oxygens (including phenoxy) is 1. The maximum Gasteiger partial charge on any atom is 0.341 e. The molecule has 0 fully saturated rings. The minimum atomic E-state index is -0.558. The number of hydrogen-bond donors (Lipinski definition) is 1. The average molecular weight is 452 g/mol. The van der Waals surface area contributed by atoms with Crippen LogP contribution in [0.1, 0.15) is 45.9 Å². The van der Waals surface area contributed by atoms with Crippen molar-refractivity contribution in [2.45, 2.75) is 27.2 Å². The number of anilines is 1. The number of carbonyl (C=O) groups is 2. The summed E-state index contributed by atoms with van der Waals surface area (Å²) in [6.45, 7) is 5.80. The molecule has 1 N–H and O–H groups in total. The Hall–Kier alpha value is -3.45. The first-order valence-electron chi connectivity index (χ1n) is 10.3. The van der Waals surface area contributed by atoms with Crippen molar-refractivity contribution in [2.75, 3.05) is 11.9 Å². The second-order valence-corrected chi connectivity index (χ2v) is 8.15. The molecular formula is C25H22FNO4S. The number of rotatable bonds is 6. The van der Waals surface area contributed by atoms with Gasteiger partial charge in [0.15, 0.2) is 5.76 Å². The first kappa shape index (κ1) is 21.8. The molecule has 0 radical (unpaired) electrons. The van der Waals surface area contributed by atoms with Gasteiger partial charge >= 0.3 is 5.97 Å². The minimum absolute atomic E-state index is 0.188. The lowest BCUT2D eigenvalue weighted by Crippen LogP contribution is -2.15. The zero-order valence-corrected chi connectivity index (χ0v) is 18.8. The summed E-state index contributed by atoms with van der Waals surface area (Å²) in [7, 11) is 0. The third kappa shape index (κ3) is 4.03. The van der Waals surface area contributed by atoms with Gasteiger partial charge in [0.25, 0.3) is 5.91 Å². The first-order valence-corrected chi connectivity index (χ1v) is 11.2. The van der Waals surface area contributed by atoms with Gasteiger partial charge < -0.3 is 14.5 Å². The highest BCUT2D eigenvalue weighted by atomic mass is 32.1. The van der Waals surface area contributed by atoms with Gasteiger partial charge in [0.1, 0.15) is 22.0 Å². The molecule has 2 aromatic carbocycles. The molecule has 4 aromatic rings. The summed E-state index contributed by atoms with van der Waals surface area (Å²) in [5.74, 6) is -1.19. The highest BCUT2D eigenvalue weighted by Crippen LogP contribution is 2.37. The Bertz CT molecular complexity index is 1300. The predicted molar refractivity (Wildman–Crippen MR) is 124 cm³/mol. The Morgan fingerprint density at radius 3 is 2.56 bits per heavy atom. The molecular weight excluding hydrogens is 429 g/mol. The van der Waals surface area contributed by atoms with Crippen molar-refractivity contribution in [3.8, 4) is 11.1 Å². The molecule has 1 amide bonds. The molecule has 0 aliphatic rings. The van der Waals surface area contributed by atoms with Gasteiger partial charge in [0.05, 0.1) is 6.61 Å². The summed E-state index contributed by atoms with van der Waals surface area (Å²) >= 11 is 1.20. The SMILES string of the molecule is CCOC(=O)c1c(-c2ccc(F)cc2)csc1NC(=O)c1oc2ccc(CC)cc2c1C. The Balaban J connectivity index is 1.72. The number of nitrogens with one attached hydrogen (secondary N) is 1. The van der Waals surface area contributed by atoms with E-state index >= 15 is 0 Å². The molecule has 0 atom stereocenters. The van der Waals surface area contributed by atoms with Gasteiger partial charge in [-0.3, -0.25) is 4.79 Å². The average Bonchev–Trinajstić information content (AvgIpc) is 3.35. The molecule has 0 aliphatic carbocycles. The largest absolute Gasteiger partial charge is 0.462 e. The van der Waals surface area contributed by atoms with E-state index in [0.29, 0.717) is 21.7 Å². The highest BCUT2D eigenvalue weighted by Gasteiger charge is 2.25. The van der Waals surface area contributed by atoms with Crippen LogP contribution >= 0.6 is 11.3 Å². The summed E-state index contributed by atoms with van der Waals surface area (Å²) in [6, 6.07) is 11.7. The number of carbonyl (C=O) groups excluding carboxylic acids is 2. The van der Waals surface area contributed by atoms with Crippen LogP contribution in [0.15, 0.2) is 52.3 Å². The van der Waals surface area contributed by atoms with Crippen LogP contribution < -0.4 is 5.32 Å². The Morgan fingerprint density at radius 1 is 1.12 bits per heavy atom. The van der Waals surface area contributed by atoms with Crippen molar-refractivity contribution in [1.29, 1.82) is 0 Å². The predicted octanol–water partition coefficient (Wildman–Crippen LogP) is 6.60. The van der Waals surface area contributed by atoms with E-state index in [9.17, 15) is 14.0 Å². The number of furan rings is 1. The Kier molecular flexibility index (Phi) is 6.10. The van der Waals surface area contributed by atoms with Crippen LogP contribution in [0.5, 0.6) is 0 Å². The van der Waals surface area contributed by atoms with E-state index < -0.39 is 11.9 Å². The van der Waals surface area contributed by atoms with Crippen LogP contribution in [0.25, 0.3) is 22.1 Å². The summed E-state index contributed by atoms with van der Waals surface area (Å²) in [4.78, 5) is 25.8. The van der Waals surface area contributed by atoms with Crippen LogP contribution in [0, 0.1) is 12.7 Å². The number of fused-ring (bicyclic) bond motifs is 1. The van der Waals surface area contributed by atoms with Gasteiger partial charge in [-0.1, -0.05) is 25.1 Å². The summed E-state index contributed by atoms with van der Waals surface area (Å²) in [5.41, 5.74) is 3.98. The summed E-state index contributed by atoms with van der Waals surface area (Å²) in [5, 5.41) is 5.79. The van der Waals surface area contributed by atoms with Crippen LogP contribution in [0.4, 0.5) is 9.39 Å². The summed E-state index contributed by atoms with van der Waals surface area (Å²) < 4.78 is 24.4. The van der Waals surface area contributed by atoms with Gasteiger partial charge in [0.2, 0.25) is 0 Å². The van der Waals surface area contributed by atoms with Crippen molar-refractivity contribution < 1.29 is 23.1 Å². The smallest absolute Gasteiger partial charge is 0.341 e. The standard InChI is InChI=1S/C25H22FNO4S/c1-4-15-6-11-20-18(12-15)14(3)22(31-20)23(28)27-24-21(25(29)30-5-2)19(13-32-24)16-7-9-17(26)10-8-16/h6-13H,4-5H2,1-3H3,(H,27,28). The number of amides is 1. The molecule has 4 rings (SSSR count). The van der Waals surface area contributed by atoms with E-state index in [1.54, 1.807) is 24.4 Å². The zero-order valence-electron chi connectivity index (χ0n) is 18.0. The number of thiophene rings is 1. The Labute approximate surface area is 188 Å². The maximum absolute atomic E-state index is 13.4. The summed E-state index contributed by atoms with van der Waals surface area (Å²) in [6.07, 6.45) is 0.881. The van der Waals surface area contributed by atoms with Gasteiger partial charge in [-0.05, 0) is 55.7 Å². The van der Waals surface area contributed by atoms with Gasteiger partial charge in [-0.15, -0.1) is 11.3 Å². The molecule has 164 valence electrons. The van der Waals surface area contributed by atoms with Crippen LogP contribution in [0.2, 0.25) is 0 Å². The second-order valence-electron chi connectivity index (χ2n) is 7.28. The molecule has 2 aromatic heterocycles. The fraction of sp³-hybridized carbons (Fsp3) is 0.200. The van der Waals surface area contributed by atoms with E-state index in [0.717, 1.165) is 22.9 Å². The van der Waals surface area contributed by atoms with Crippen molar-refractivity contribution in [3.63, 3.8) is 0 Å². The molecule has 2 heterocycles. The third-order valence-corrected chi connectivity index (χ3v) is 6.16. The molecule has 32 heavy (non-hydrogen) atoms. The molecule has 5 nitrogen and oxygen atoms in total. The van der Waals surface area contributed by atoms with E-state index in [2.05, 4.69) is 12.2 Å². The second kappa shape index (κ2) is 8.96. The van der Waals surface area contributed by atoms with E-state index in [1.807, 2.05) is 25.1 Å². The lowest BCUT2D eigenvalue weighted by Gasteiger charge is -2.08. The molecule has 7 heteroatoms. The lowest BCUT2D eigenvalue weighted by atomic mass is 10.0. The number of benzene rings is 2. The van der Waals surface area contributed by atoms with Crippen LogP contribution in [-0.4, -0.2) is 18.5 Å². The lowest BCUT2D eigenvalue weighted by molar-refractivity contribution is 0.0529. The van der Waals surface area contributed by atoms with E-state index in [1.165, 1.54) is 23.5 Å². The fourth-order valence-corrected chi connectivity index (χ4v) is 4.51. The minimum Gasteiger partial charge on any atom is -0.462 e. The number of hydrogen-bond acceptors (Lipinski definition) is 5. The zero-order chi connectivity index (χ0) is 22.8. The van der Waals surface area contributed by atoms with Crippen molar-refractivity contribution in [2.24, 2.45) is 0 Å². The molecule has 0 saturated heterocycles. The van der Waals surface area contributed by atoms with Crippen molar-refractivity contribution in [1.82, 2.24) is 0 Å². The first-order chi connectivity index (χ1) is 15.4. The topological polar surface area (TPSA) is 68.5 Å². The van der Waals surface area contributed by atoms with E-state index in [-0.39, 0.29) is 23.7 Å². The fourth-order valence-electron chi connectivity index (χ4n) is 3.56. The molecule has 0 aliphatic heterocycles. The van der Waals surface area contributed by atoms with Crippen LogP contribution in [-0.2, 0) is 11.2 Å². The Morgan fingerprint density at radius 2 is 1.88 bits per heavy atom. The highest BCUT2D eigenvalue weighted by molar-refractivity contribution is 7.15. The van der Waals surface area contributed by atoms with Gasteiger partial charge in [-0.2, -0.15) is 0 Å². The van der Waals surface area contributed by atoms with Crippen LogP contribution in [0.3, 0.4) is 0 Å². The monoisotopic (exact) mass is 451 g/mol. The van der Waals surface area contributed by atoms with Gasteiger partial charge in [-0.25, -0.2) is 9.18 Å². The van der Waals surface area contributed by atoms with Crippen molar-refractivity contribution >= 4 is 39.2 Å². The normalized spacial score (nSPS) is 11.0. The van der Waals surface area contributed by atoms with Gasteiger partial charge in [0, 0.05) is 21.9 Å². The maximum atomic E-state index is 13.4. The van der Waals surface area contributed by atoms with Crippen molar-refractivity contribution in [3.05, 3.63) is 76.1 Å². The molecule has 0 bridgehead atoms. The number of halogens is 1. The van der Waals surface area contributed by atoms with E-state index in [4.69, 9.17) is 9.15 Å². The molecule has 0 spiro atoms. The molecule has 0 saturated carbocycles. The number of esters is 1.